The molecule has 6 heteroatoms. The van der Waals surface area contributed by atoms with Crippen LogP contribution in [-0.4, -0.2) is 23.3 Å². The molecular weight excluding hydrogens is 381 g/mol. The number of amides is 2. The van der Waals surface area contributed by atoms with Crippen LogP contribution in [0.25, 0.3) is 11.1 Å². The van der Waals surface area contributed by atoms with Gasteiger partial charge in [-0.3, -0.25) is 9.59 Å². The van der Waals surface area contributed by atoms with Gasteiger partial charge in [-0.15, -0.1) is 0 Å². The van der Waals surface area contributed by atoms with Crippen molar-refractivity contribution in [2.24, 2.45) is 5.92 Å². The van der Waals surface area contributed by atoms with Crippen molar-refractivity contribution in [3.63, 3.8) is 0 Å². The summed E-state index contributed by atoms with van der Waals surface area (Å²) in [5.74, 6) is -0.211. The molecule has 5 nitrogen and oxygen atoms in total. The van der Waals surface area contributed by atoms with Crippen LogP contribution in [0, 0.1) is 11.7 Å². The lowest BCUT2D eigenvalue weighted by Gasteiger charge is -2.10. The number of carbonyl (C=O) groups is 2. The maximum atomic E-state index is 14.1. The maximum absolute atomic E-state index is 14.1. The number of hydrogen-bond acceptors (Lipinski definition) is 3. The third kappa shape index (κ3) is 5.73. The minimum atomic E-state index is -0.497. The molecule has 0 fully saturated rings. The average molecular weight is 405 g/mol. The Kier molecular flexibility index (Phi) is 6.91. The molecule has 2 aromatic carbocycles. The largest absolute Gasteiger partial charge is 0.352 e. The maximum Gasteiger partial charge on any atom is 0.256 e. The Hall–Kier alpha value is -3.54. The molecule has 0 bridgehead atoms. The van der Waals surface area contributed by atoms with Crippen LogP contribution in [-0.2, 0) is 0 Å². The third-order valence-corrected chi connectivity index (χ3v) is 4.54. The zero-order chi connectivity index (χ0) is 21.5. The number of rotatable bonds is 7. The molecule has 1 heterocycles. The van der Waals surface area contributed by atoms with Crippen molar-refractivity contribution in [1.29, 1.82) is 0 Å². The smallest absolute Gasteiger partial charge is 0.256 e. The minimum absolute atomic E-state index is 0.259. The summed E-state index contributed by atoms with van der Waals surface area (Å²) >= 11 is 0. The fourth-order valence-corrected chi connectivity index (χ4v) is 2.88. The number of anilines is 1. The lowest BCUT2D eigenvalue weighted by Crippen LogP contribution is -2.25. The molecule has 30 heavy (non-hydrogen) atoms. The van der Waals surface area contributed by atoms with Crippen molar-refractivity contribution in [3.05, 3.63) is 83.8 Å². The molecule has 0 spiro atoms. The first-order valence-corrected chi connectivity index (χ1v) is 9.84. The summed E-state index contributed by atoms with van der Waals surface area (Å²) in [6.07, 6.45) is 2.39. The molecule has 3 aromatic rings. The first kappa shape index (κ1) is 21.2. The number of hydrogen-bond donors (Lipinski definition) is 2. The van der Waals surface area contributed by atoms with E-state index in [2.05, 4.69) is 29.5 Å². The second-order valence-electron chi connectivity index (χ2n) is 7.42. The normalized spacial score (nSPS) is 10.7. The van der Waals surface area contributed by atoms with E-state index >= 15 is 0 Å². The summed E-state index contributed by atoms with van der Waals surface area (Å²) in [4.78, 5) is 28.8. The highest BCUT2D eigenvalue weighted by Gasteiger charge is 2.11. The molecule has 0 aliphatic carbocycles. The summed E-state index contributed by atoms with van der Waals surface area (Å²) in [5.41, 5.74) is 1.97. The summed E-state index contributed by atoms with van der Waals surface area (Å²) in [6, 6.07) is 16.4. The van der Waals surface area contributed by atoms with Gasteiger partial charge < -0.3 is 10.6 Å². The van der Waals surface area contributed by atoms with Crippen molar-refractivity contribution < 1.29 is 14.0 Å². The van der Waals surface area contributed by atoms with Gasteiger partial charge in [0.25, 0.3) is 11.8 Å². The first-order chi connectivity index (χ1) is 14.4. The molecule has 2 N–H and O–H groups in total. The van der Waals surface area contributed by atoms with E-state index in [1.807, 2.05) is 6.07 Å². The minimum Gasteiger partial charge on any atom is -0.352 e. The highest BCUT2D eigenvalue weighted by Crippen LogP contribution is 2.23. The Morgan fingerprint density at radius 3 is 2.37 bits per heavy atom. The molecule has 0 saturated carbocycles. The van der Waals surface area contributed by atoms with Gasteiger partial charge in [-0.25, -0.2) is 9.37 Å². The molecule has 0 aliphatic heterocycles. The highest BCUT2D eigenvalue weighted by atomic mass is 19.1. The SMILES string of the molecule is CC(C)CCNC(=O)c1cc(F)cc(-c2ccc(NC(=O)c3ccccc3)nc2)c1. The molecule has 154 valence electrons. The third-order valence-electron chi connectivity index (χ3n) is 4.54. The van der Waals surface area contributed by atoms with Gasteiger partial charge in [-0.1, -0.05) is 32.0 Å². The first-order valence-electron chi connectivity index (χ1n) is 9.84. The topological polar surface area (TPSA) is 71.1 Å². The van der Waals surface area contributed by atoms with E-state index in [1.165, 1.54) is 18.3 Å². The Balaban J connectivity index is 1.72. The van der Waals surface area contributed by atoms with E-state index in [4.69, 9.17) is 0 Å². The summed E-state index contributed by atoms with van der Waals surface area (Å²) in [5, 5.41) is 5.54. The van der Waals surface area contributed by atoms with Gasteiger partial charge in [-0.05, 0) is 60.4 Å². The summed E-state index contributed by atoms with van der Waals surface area (Å²) in [6.45, 7) is 4.69. The predicted molar refractivity (Wildman–Crippen MR) is 116 cm³/mol. The summed E-state index contributed by atoms with van der Waals surface area (Å²) in [7, 11) is 0. The van der Waals surface area contributed by atoms with Crippen LogP contribution in [0.1, 0.15) is 41.0 Å². The molecule has 3 rings (SSSR count). The second kappa shape index (κ2) is 9.78. The Morgan fingerprint density at radius 2 is 1.70 bits per heavy atom. The number of benzene rings is 2. The van der Waals surface area contributed by atoms with Gasteiger partial charge in [0.1, 0.15) is 11.6 Å². The number of pyridine rings is 1. The van der Waals surface area contributed by atoms with Crippen molar-refractivity contribution in [2.45, 2.75) is 20.3 Å². The van der Waals surface area contributed by atoms with Crippen molar-refractivity contribution in [2.75, 3.05) is 11.9 Å². The summed E-state index contributed by atoms with van der Waals surface area (Å²) < 4.78 is 14.1. The van der Waals surface area contributed by atoms with Crippen LogP contribution in [0.3, 0.4) is 0 Å². The Morgan fingerprint density at radius 1 is 0.933 bits per heavy atom. The lowest BCUT2D eigenvalue weighted by molar-refractivity contribution is 0.0950. The van der Waals surface area contributed by atoms with Gasteiger partial charge in [-0.2, -0.15) is 0 Å². The Bertz CT molecular complexity index is 1020. The zero-order valence-corrected chi connectivity index (χ0v) is 17.0. The monoisotopic (exact) mass is 405 g/mol. The van der Waals surface area contributed by atoms with Crippen LogP contribution in [0.4, 0.5) is 10.2 Å². The highest BCUT2D eigenvalue weighted by molar-refractivity contribution is 6.03. The van der Waals surface area contributed by atoms with Crippen LogP contribution >= 0.6 is 0 Å². The van der Waals surface area contributed by atoms with Gasteiger partial charge >= 0.3 is 0 Å². The second-order valence-corrected chi connectivity index (χ2v) is 7.42. The van der Waals surface area contributed by atoms with Crippen LogP contribution in [0.15, 0.2) is 66.9 Å². The van der Waals surface area contributed by atoms with Crippen LogP contribution < -0.4 is 10.6 Å². The Labute approximate surface area is 175 Å². The van der Waals surface area contributed by atoms with E-state index in [0.29, 0.717) is 35.0 Å². The van der Waals surface area contributed by atoms with Gasteiger partial charge in [0.15, 0.2) is 0 Å². The van der Waals surface area contributed by atoms with Crippen LogP contribution in [0.5, 0.6) is 0 Å². The molecule has 0 radical (unpaired) electrons. The van der Waals surface area contributed by atoms with Crippen LogP contribution in [0.2, 0.25) is 0 Å². The van der Waals surface area contributed by atoms with Crippen molar-refractivity contribution >= 4 is 17.6 Å². The van der Waals surface area contributed by atoms with Gasteiger partial charge in [0.2, 0.25) is 0 Å². The number of nitrogens with zero attached hydrogens (tertiary/aromatic N) is 1. The number of aromatic nitrogens is 1. The molecule has 2 amide bonds. The van der Waals surface area contributed by atoms with E-state index in [1.54, 1.807) is 42.5 Å². The van der Waals surface area contributed by atoms with E-state index < -0.39 is 5.82 Å². The predicted octanol–water partition coefficient (Wildman–Crippen LogP) is 4.92. The van der Waals surface area contributed by atoms with E-state index in [0.717, 1.165) is 6.42 Å². The zero-order valence-electron chi connectivity index (χ0n) is 17.0. The molecular formula is C24H24FN3O2. The molecule has 0 atom stereocenters. The van der Waals surface area contributed by atoms with Gasteiger partial charge in [0.05, 0.1) is 0 Å². The standard InChI is InChI=1S/C24H24FN3O2/c1-16(2)10-11-26-23(29)20-12-19(13-21(25)14-20)18-8-9-22(27-15-18)28-24(30)17-6-4-3-5-7-17/h3-9,12-16H,10-11H2,1-2H3,(H,26,29)(H,27,28,30). The molecule has 1 aromatic heterocycles. The van der Waals surface area contributed by atoms with E-state index in [9.17, 15) is 14.0 Å². The average Bonchev–Trinajstić information content (AvgIpc) is 2.74. The van der Waals surface area contributed by atoms with E-state index in [-0.39, 0.29) is 17.4 Å². The molecule has 0 unspecified atom stereocenters. The molecule has 0 aliphatic rings. The fraction of sp³-hybridized carbons (Fsp3) is 0.208. The lowest BCUT2D eigenvalue weighted by atomic mass is 10.0. The fourth-order valence-electron chi connectivity index (χ4n) is 2.88. The number of halogens is 1. The number of nitrogens with one attached hydrogen (secondary N) is 2. The molecule has 0 saturated heterocycles. The van der Waals surface area contributed by atoms with Crippen molar-refractivity contribution in [1.82, 2.24) is 10.3 Å². The van der Waals surface area contributed by atoms with Gasteiger partial charge in [0, 0.05) is 29.4 Å². The number of carbonyl (C=O) groups excluding carboxylic acids is 2. The van der Waals surface area contributed by atoms with Crippen molar-refractivity contribution in [3.8, 4) is 11.1 Å². The quantitative estimate of drug-likeness (QED) is 0.586.